The summed E-state index contributed by atoms with van der Waals surface area (Å²) in [6.07, 6.45) is 5.01. The first kappa shape index (κ1) is 19.9. The van der Waals surface area contributed by atoms with E-state index in [1.54, 1.807) is 0 Å². The second-order valence-electron chi connectivity index (χ2n) is 7.41. The molecule has 0 rings (SSSR count). The van der Waals surface area contributed by atoms with Crippen LogP contribution in [0.15, 0.2) is 0 Å². The minimum atomic E-state index is -0.309. The van der Waals surface area contributed by atoms with E-state index in [2.05, 4.69) is 10.6 Å². The maximum absolute atomic E-state index is 11.8. The van der Waals surface area contributed by atoms with Crippen molar-refractivity contribution in [1.29, 1.82) is 0 Å². The zero-order valence-electron chi connectivity index (χ0n) is 14.8. The average Bonchev–Trinajstić information content (AvgIpc) is 2.39. The van der Waals surface area contributed by atoms with E-state index >= 15 is 0 Å². The highest BCUT2D eigenvalue weighted by Crippen LogP contribution is 2.19. The van der Waals surface area contributed by atoms with Crippen molar-refractivity contribution in [3.05, 3.63) is 0 Å². The highest BCUT2D eigenvalue weighted by atomic mass is 16.2. The number of nitrogens with one attached hydrogen (secondary N) is 2. The molecule has 0 bridgehead atoms. The lowest BCUT2D eigenvalue weighted by Crippen LogP contribution is -2.37. The predicted octanol–water partition coefficient (Wildman–Crippen LogP) is 3.26. The Morgan fingerprint density at radius 1 is 0.762 bits per heavy atom. The van der Waals surface area contributed by atoms with Gasteiger partial charge in [0.2, 0.25) is 11.8 Å². The maximum Gasteiger partial charge on any atom is 0.225 e. The van der Waals surface area contributed by atoms with Gasteiger partial charge in [-0.05, 0) is 19.3 Å². The van der Waals surface area contributed by atoms with Gasteiger partial charge in [0.15, 0.2) is 0 Å². The zero-order chi connectivity index (χ0) is 16.5. The minimum Gasteiger partial charge on any atom is -0.356 e. The van der Waals surface area contributed by atoms with Gasteiger partial charge in [0.25, 0.3) is 0 Å². The van der Waals surface area contributed by atoms with Crippen molar-refractivity contribution in [2.75, 3.05) is 13.1 Å². The molecule has 4 heteroatoms. The molecule has 0 aromatic rings. The largest absolute Gasteiger partial charge is 0.356 e. The van der Waals surface area contributed by atoms with E-state index in [4.69, 9.17) is 0 Å². The number of rotatable bonds is 9. The molecule has 0 aliphatic rings. The summed E-state index contributed by atoms with van der Waals surface area (Å²) < 4.78 is 0. The molecule has 124 valence electrons. The minimum absolute atomic E-state index is 0.108. The molecule has 0 aliphatic heterocycles. The summed E-state index contributed by atoms with van der Waals surface area (Å²) in [4.78, 5) is 23.5. The Morgan fingerprint density at radius 3 is 1.57 bits per heavy atom. The van der Waals surface area contributed by atoms with Gasteiger partial charge in [-0.25, -0.2) is 0 Å². The van der Waals surface area contributed by atoms with Crippen LogP contribution >= 0.6 is 0 Å². The van der Waals surface area contributed by atoms with Gasteiger partial charge >= 0.3 is 0 Å². The lowest BCUT2D eigenvalue weighted by molar-refractivity contribution is -0.129. The molecule has 0 spiro atoms. The molecule has 0 saturated heterocycles. The molecule has 0 aliphatic carbocycles. The second-order valence-corrected chi connectivity index (χ2v) is 7.41. The summed E-state index contributed by atoms with van der Waals surface area (Å²) in [5, 5.41) is 5.94. The van der Waals surface area contributed by atoms with E-state index in [1.807, 2.05) is 41.5 Å². The van der Waals surface area contributed by atoms with Crippen molar-refractivity contribution in [3.8, 4) is 0 Å². The van der Waals surface area contributed by atoms with Crippen LogP contribution in [0, 0.1) is 10.8 Å². The number of carbonyl (C=O) groups is 2. The first-order chi connectivity index (χ1) is 9.61. The summed E-state index contributed by atoms with van der Waals surface area (Å²) in [5.74, 6) is 0.249. The Balaban J connectivity index is 3.54. The van der Waals surface area contributed by atoms with Crippen molar-refractivity contribution < 1.29 is 9.59 Å². The van der Waals surface area contributed by atoms with Gasteiger partial charge in [-0.1, -0.05) is 54.4 Å². The van der Waals surface area contributed by atoms with Crippen LogP contribution in [0.4, 0.5) is 0 Å². The molecule has 0 radical (unpaired) electrons. The van der Waals surface area contributed by atoms with Crippen LogP contribution in [-0.2, 0) is 9.59 Å². The fourth-order valence-electron chi connectivity index (χ4n) is 1.67. The standard InChI is InChI=1S/C17H34N2O2/c1-7-17(5,6)15(21)19-13-11-9-8-10-12-18-14(20)16(2,3)4/h7-13H2,1-6H3,(H,18,20)(H,19,21). The number of unbranched alkanes of at least 4 members (excludes halogenated alkanes) is 3. The molecule has 0 unspecified atom stereocenters. The SMILES string of the molecule is CCC(C)(C)C(=O)NCCCCCCNC(=O)C(C)(C)C. The lowest BCUT2D eigenvalue weighted by Gasteiger charge is -2.21. The molecule has 0 aromatic heterocycles. The molecule has 4 nitrogen and oxygen atoms in total. The Labute approximate surface area is 130 Å². The number of hydrogen-bond donors (Lipinski definition) is 2. The van der Waals surface area contributed by atoms with E-state index < -0.39 is 0 Å². The van der Waals surface area contributed by atoms with Crippen molar-refractivity contribution in [1.82, 2.24) is 10.6 Å². The average molecular weight is 298 g/mol. The molecule has 0 aromatic carbocycles. The maximum atomic E-state index is 11.8. The highest BCUT2D eigenvalue weighted by molar-refractivity contribution is 5.81. The third-order valence-corrected chi connectivity index (χ3v) is 3.85. The van der Waals surface area contributed by atoms with E-state index in [0.717, 1.165) is 45.2 Å². The molecule has 0 saturated carbocycles. The number of carbonyl (C=O) groups excluding carboxylic acids is 2. The molecular weight excluding hydrogens is 264 g/mol. The van der Waals surface area contributed by atoms with Crippen LogP contribution in [0.25, 0.3) is 0 Å². The van der Waals surface area contributed by atoms with E-state index in [9.17, 15) is 9.59 Å². The summed E-state index contributed by atoms with van der Waals surface area (Å²) in [6.45, 7) is 13.2. The van der Waals surface area contributed by atoms with Gasteiger partial charge < -0.3 is 10.6 Å². The van der Waals surface area contributed by atoms with Gasteiger partial charge in [-0.15, -0.1) is 0 Å². The zero-order valence-corrected chi connectivity index (χ0v) is 14.8. The first-order valence-corrected chi connectivity index (χ1v) is 8.18. The Bertz CT molecular complexity index is 330. The van der Waals surface area contributed by atoms with E-state index in [-0.39, 0.29) is 22.6 Å². The van der Waals surface area contributed by atoms with E-state index in [1.165, 1.54) is 0 Å². The summed E-state index contributed by atoms with van der Waals surface area (Å²) in [7, 11) is 0. The summed E-state index contributed by atoms with van der Waals surface area (Å²) in [5.41, 5.74) is -0.576. The van der Waals surface area contributed by atoms with Crippen LogP contribution < -0.4 is 10.6 Å². The fraction of sp³-hybridized carbons (Fsp3) is 0.882. The van der Waals surface area contributed by atoms with Gasteiger partial charge in [0, 0.05) is 23.9 Å². The molecule has 2 amide bonds. The molecule has 0 fully saturated rings. The molecule has 0 atom stereocenters. The van der Waals surface area contributed by atoms with Crippen molar-refractivity contribution in [2.45, 2.75) is 73.6 Å². The van der Waals surface area contributed by atoms with E-state index in [0.29, 0.717) is 0 Å². The highest BCUT2D eigenvalue weighted by Gasteiger charge is 2.24. The third kappa shape index (κ3) is 8.74. The Kier molecular flexibility index (Phi) is 8.60. The first-order valence-electron chi connectivity index (χ1n) is 8.18. The summed E-state index contributed by atoms with van der Waals surface area (Å²) in [6, 6.07) is 0. The van der Waals surface area contributed by atoms with Gasteiger partial charge in [0.05, 0.1) is 0 Å². The van der Waals surface area contributed by atoms with Gasteiger partial charge in [-0.3, -0.25) is 9.59 Å². The van der Waals surface area contributed by atoms with Crippen LogP contribution in [0.1, 0.15) is 73.6 Å². The predicted molar refractivity (Wildman–Crippen MR) is 88.0 cm³/mol. The second kappa shape index (κ2) is 9.06. The van der Waals surface area contributed by atoms with Crippen LogP contribution in [0.2, 0.25) is 0 Å². The van der Waals surface area contributed by atoms with Gasteiger partial charge in [-0.2, -0.15) is 0 Å². The van der Waals surface area contributed by atoms with Crippen LogP contribution in [0.5, 0.6) is 0 Å². The van der Waals surface area contributed by atoms with Crippen molar-refractivity contribution in [3.63, 3.8) is 0 Å². The van der Waals surface area contributed by atoms with Gasteiger partial charge in [0.1, 0.15) is 0 Å². The Hall–Kier alpha value is -1.06. The number of hydrogen-bond acceptors (Lipinski definition) is 2. The molecule has 0 heterocycles. The normalized spacial score (nSPS) is 12.1. The van der Waals surface area contributed by atoms with Crippen LogP contribution in [-0.4, -0.2) is 24.9 Å². The molecule has 2 N–H and O–H groups in total. The molecule has 21 heavy (non-hydrogen) atoms. The lowest BCUT2D eigenvalue weighted by atomic mass is 9.89. The van der Waals surface area contributed by atoms with Crippen molar-refractivity contribution >= 4 is 11.8 Å². The van der Waals surface area contributed by atoms with Crippen molar-refractivity contribution in [2.24, 2.45) is 10.8 Å². The Morgan fingerprint density at radius 2 is 1.19 bits per heavy atom. The van der Waals surface area contributed by atoms with Crippen LogP contribution in [0.3, 0.4) is 0 Å². The monoisotopic (exact) mass is 298 g/mol. The fourth-order valence-corrected chi connectivity index (χ4v) is 1.67. The number of amides is 2. The quantitative estimate of drug-likeness (QED) is 0.642. The third-order valence-electron chi connectivity index (χ3n) is 3.85. The smallest absolute Gasteiger partial charge is 0.225 e. The molecular formula is C17H34N2O2. The topological polar surface area (TPSA) is 58.2 Å². The summed E-state index contributed by atoms with van der Waals surface area (Å²) >= 11 is 0.